The van der Waals surface area contributed by atoms with Gasteiger partial charge in [-0.25, -0.2) is 9.97 Å². The van der Waals surface area contributed by atoms with Crippen LogP contribution in [0, 0.1) is 17.0 Å². The molecule has 0 unspecified atom stereocenters. The smallest absolute Gasteiger partial charge is 0.353 e. The van der Waals surface area contributed by atoms with Gasteiger partial charge in [-0.05, 0) is 20.8 Å². The molecular formula is C12H16N6O3. The van der Waals surface area contributed by atoms with Gasteiger partial charge >= 0.3 is 5.69 Å². The predicted molar refractivity (Wildman–Crippen MR) is 76.8 cm³/mol. The molecule has 0 aliphatic rings. The second kappa shape index (κ2) is 6.16. The maximum Gasteiger partial charge on any atom is 0.353 e. The van der Waals surface area contributed by atoms with E-state index in [0.29, 0.717) is 24.7 Å². The van der Waals surface area contributed by atoms with Crippen LogP contribution in [0.1, 0.15) is 19.6 Å². The number of nitro groups is 1. The summed E-state index contributed by atoms with van der Waals surface area (Å²) in [6.07, 6.45) is 1.29. The minimum atomic E-state index is -0.497. The molecule has 0 aliphatic heterocycles. The maximum absolute atomic E-state index is 11.4. The van der Waals surface area contributed by atoms with E-state index in [4.69, 9.17) is 4.52 Å². The van der Waals surface area contributed by atoms with Crippen molar-refractivity contribution in [3.05, 3.63) is 28.3 Å². The first kappa shape index (κ1) is 14.7. The first-order valence-electron chi connectivity index (χ1n) is 6.51. The van der Waals surface area contributed by atoms with Gasteiger partial charge in [0.05, 0.1) is 4.92 Å². The van der Waals surface area contributed by atoms with Crippen molar-refractivity contribution >= 4 is 23.1 Å². The highest BCUT2D eigenvalue weighted by Gasteiger charge is 2.26. The van der Waals surface area contributed by atoms with Crippen molar-refractivity contribution in [3.8, 4) is 0 Å². The van der Waals surface area contributed by atoms with E-state index in [2.05, 4.69) is 20.4 Å². The Kier molecular flexibility index (Phi) is 4.31. The minimum absolute atomic E-state index is 0.0881. The monoisotopic (exact) mass is 292 g/mol. The molecule has 2 heterocycles. The Bertz CT molecular complexity index is 638. The Morgan fingerprint density at radius 2 is 2.10 bits per heavy atom. The second-order valence-corrected chi connectivity index (χ2v) is 4.27. The molecular weight excluding hydrogens is 276 g/mol. The van der Waals surface area contributed by atoms with Crippen molar-refractivity contribution in [2.24, 2.45) is 0 Å². The van der Waals surface area contributed by atoms with Gasteiger partial charge in [0.2, 0.25) is 11.6 Å². The van der Waals surface area contributed by atoms with Crippen LogP contribution in [0.15, 0.2) is 16.9 Å². The summed E-state index contributed by atoms with van der Waals surface area (Å²) >= 11 is 0. The summed E-state index contributed by atoms with van der Waals surface area (Å²) in [5, 5.41) is 17.9. The number of nitrogens with one attached hydrogen (secondary N) is 1. The number of rotatable bonds is 6. The number of aromatic nitrogens is 3. The zero-order valence-electron chi connectivity index (χ0n) is 12.0. The Balaban J connectivity index is 2.45. The summed E-state index contributed by atoms with van der Waals surface area (Å²) in [4.78, 5) is 20.7. The van der Waals surface area contributed by atoms with Crippen molar-refractivity contribution < 1.29 is 9.45 Å². The van der Waals surface area contributed by atoms with E-state index in [1.807, 2.05) is 13.8 Å². The molecule has 0 spiro atoms. The quantitative estimate of drug-likeness (QED) is 0.637. The van der Waals surface area contributed by atoms with Crippen molar-refractivity contribution in [2.45, 2.75) is 20.8 Å². The fourth-order valence-electron chi connectivity index (χ4n) is 1.93. The summed E-state index contributed by atoms with van der Waals surface area (Å²) in [6.45, 7) is 6.76. The van der Waals surface area contributed by atoms with Crippen LogP contribution in [-0.2, 0) is 0 Å². The van der Waals surface area contributed by atoms with E-state index in [1.165, 1.54) is 6.33 Å². The molecule has 2 rings (SSSR count). The van der Waals surface area contributed by atoms with Gasteiger partial charge in [0.15, 0.2) is 5.82 Å². The van der Waals surface area contributed by atoms with E-state index in [9.17, 15) is 10.1 Å². The fourth-order valence-corrected chi connectivity index (χ4v) is 1.93. The van der Waals surface area contributed by atoms with Crippen LogP contribution in [-0.4, -0.2) is 33.1 Å². The molecule has 0 saturated carbocycles. The van der Waals surface area contributed by atoms with Gasteiger partial charge < -0.3 is 14.7 Å². The second-order valence-electron chi connectivity index (χ2n) is 4.27. The lowest BCUT2D eigenvalue weighted by Crippen LogP contribution is -2.24. The van der Waals surface area contributed by atoms with Gasteiger partial charge in [0.25, 0.3) is 0 Å². The highest BCUT2D eigenvalue weighted by atomic mass is 16.6. The van der Waals surface area contributed by atoms with Gasteiger partial charge in [-0.3, -0.25) is 10.1 Å². The third-order valence-electron chi connectivity index (χ3n) is 2.92. The lowest BCUT2D eigenvalue weighted by atomic mass is 10.3. The Morgan fingerprint density at radius 1 is 1.38 bits per heavy atom. The molecule has 0 atom stereocenters. The molecule has 0 saturated heterocycles. The molecule has 112 valence electrons. The summed E-state index contributed by atoms with van der Waals surface area (Å²) < 4.78 is 4.92. The van der Waals surface area contributed by atoms with Crippen molar-refractivity contribution in [2.75, 3.05) is 23.3 Å². The predicted octanol–water partition coefficient (Wildman–Crippen LogP) is 2.27. The largest absolute Gasteiger partial charge is 0.360 e. The van der Waals surface area contributed by atoms with Crippen LogP contribution >= 0.6 is 0 Å². The minimum Gasteiger partial charge on any atom is -0.360 e. The molecule has 0 radical (unpaired) electrons. The zero-order chi connectivity index (χ0) is 15.4. The Morgan fingerprint density at radius 3 is 2.62 bits per heavy atom. The van der Waals surface area contributed by atoms with Crippen molar-refractivity contribution in [3.63, 3.8) is 0 Å². The molecule has 2 aromatic heterocycles. The van der Waals surface area contributed by atoms with E-state index in [1.54, 1.807) is 17.9 Å². The summed E-state index contributed by atoms with van der Waals surface area (Å²) in [5.41, 5.74) is -0.179. The van der Waals surface area contributed by atoms with E-state index < -0.39 is 4.92 Å². The molecule has 9 heteroatoms. The molecule has 2 aromatic rings. The normalized spacial score (nSPS) is 10.4. The van der Waals surface area contributed by atoms with Crippen molar-refractivity contribution in [1.82, 2.24) is 15.1 Å². The van der Waals surface area contributed by atoms with Gasteiger partial charge in [-0.1, -0.05) is 5.16 Å². The Labute approximate surface area is 121 Å². The standard InChI is InChI=1S/C12H16N6O3/c1-4-17(5-2)12-10(18(19)20)11(13-7-14-12)15-9-6-8(3)21-16-9/h6-7H,4-5H2,1-3H3,(H,13,14,15,16). The van der Waals surface area contributed by atoms with Crippen molar-refractivity contribution in [1.29, 1.82) is 0 Å². The summed E-state index contributed by atoms with van der Waals surface area (Å²) in [6, 6.07) is 1.63. The number of aryl methyl sites for hydroxylation is 1. The number of anilines is 3. The van der Waals surface area contributed by atoms with Gasteiger partial charge in [0.1, 0.15) is 12.1 Å². The van der Waals surface area contributed by atoms with Gasteiger partial charge in [-0.2, -0.15) is 0 Å². The highest BCUT2D eigenvalue weighted by molar-refractivity contribution is 5.73. The molecule has 1 N–H and O–H groups in total. The van der Waals surface area contributed by atoms with E-state index >= 15 is 0 Å². The third kappa shape index (κ3) is 3.07. The topological polar surface area (TPSA) is 110 Å². The SMILES string of the molecule is CCN(CC)c1ncnc(Nc2cc(C)on2)c1[N+](=O)[O-]. The van der Waals surface area contributed by atoms with Crippen LogP contribution in [0.3, 0.4) is 0 Å². The van der Waals surface area contributed by atoms with Crippen LogP contribution in [0.5, 0.6) is 0 Å². The number of hydrogen-bond donors (Lipinski definition) is 1. The lowest BCUT2D eigenvalue weighted by Gasteiger charge is -2.19. The molecule has 0 amide bonds. The first-order chi connectivity index (χ1) is 10.1. The summed E-state index contributed by atoms with van der Waals surface area (Å²) in [7, 11) is 0. The molecule has 0 bridgehead atoms. The maximum atomic E-state index is 11.4. The van der Waals surface area contributed by atoms with Crippen LogP contribution < -0.4 is 10.2 Å². The molecule has 21 heavy (non-hydrogen) atoms. The fraction of sp³-hybridized carbons (Fsp3) is 0.417. The molecule has 0 aliphatic carbocycles. The summed E-state index contributed by atoms with van der Waals surface area (Å²) in [5.74, 6) is 1.32. The van der Waals surface area contributed by atoms with E-state index in [0.717, 1.165) is 0 Å². The molecule has 0 fully saturated rings. The third-order valence-corrected chi connectivity index (χ3v) is 2.92. The number of hydrogen-bond acceptors (Lipinski definition) is 8. The number of nitrogens with zero attached hydrogens (tertiary/aromatic N) is 5. The van der Waals surface area contributed by atoms with Gasteiger partial charge in [0, 0.05) is 19.2 Å². The average molecular weight is 292 g/mol. The lowest BCUT2D eigenvalue weighted by molar-refractivity contribution is -0.383. The van der Waals surface area contributed by atoms with Gasteiger partial charge in [-0.15, -0.1) is 0 Å². The van der Waals surface area contributed by atoms with E-state index in [-0.39, 0.29) is 17.3 Å². The molecule has 9 nitrogen and oxygen atoms in total. The Hall–Kier alpha value is -2.71. The van der Waals surface area contributed by atoms with Crippen LogP contribution in [0.4, 0.5) is 23.1 Å². The average Bonchev–Trinajstić information content (AvgIpc) is 2.85. The zero-order valence-corrected chi connectivity index (χ0v) is 12.0. The van der Waals surface area contributed by atoms with Crippen LogP contribution in [0.25, 0.3) is 0 Å². The van der Waals surface area contributed by atoms with Crippen LogP contribution in [0.2, 0.25) is 0 Å². The first-order valence-corrected chi connectivity index (χ1v) is 6.51. The molecule has 0 aromatic carbocycles. The highest BCUT2D eigenvalue weighted by Crippen LogP contribution is 2.33.